The van der Waals surface area contributed by atoms with Gasteiger partial charge in [0.1, 0.15) is 5.75 Å². The van der Waals surface area contributed by atoms with Crippen molar-refractivity contribution in [2.24, 2.45) is 0 Å². The highest BCUT2D eigenvalue weighted by molar-refractivity contribution is 7.99. The Bertz CT molecular complexity index is 1160. The SMILES string of the molecule is O=C(CSc1nnc(COc2ccccc2Cl)o1)Nc1ccc(S(=O)(=O)C(F)F)cc1. The van der Waals surface area contributed by atoms with Crippen molar-refractivity contribution in [1.82, 2.24) is 10.2 Å². The molecule has 0 bridgehead atoms. The molecule has 3 rings (SSSR count). The summed E-state index contributed by atoms with van der Waals surface area (Å²) in [7, 11) is -4.69. The van der Waals surface area contributed by atoms with E-state index in [4.69, 9.17) is 20.8 Å². The first-order valence-corrected chi connectivity index (χ1v) is 11.4. The summed E-state index contributed by atoms with van der Waals surface area (Å²) in [5, 5.41) is 10.7. The number of para-hydroxylation sites is 1. The summed E-state index contributed by atoms with van der Waals surface area (Å²) in [6, 6.07) is 11.3. The monoisotopic (exact) mass is 489 g/mol. The van der Waals surface area contributed by atoms with Crippen molar-refractivity contribution < 1.29 is 31.1 Å². The Morgan fingerprint density at radius 3 is 2.55 bits per heavy atom. The lowest BCUT2D eigenvalue weighted by Gasteiger charge is -2.06. The molecule has 0 spiro atoms. The van der Waals surface area contributed by atoms with Gasteiger partial charge in [0, 0.05) is 5.69 Å². The van der Waals surface area contributed by atoms with E-state index in [1.165, 1.54) is 12.1 Å². The zero-order valence-electron chi connectivity index (χ0n) is 15.5. The average Bonchev–Trinajstić information content (AvgIpc) is 3.20. The minimum Gasteiger partial charge on any atom is -0.482 e. The molecule has 0 saturated carbocycles. The minimum atomic E-state index is -4.69. The second-order valence-electron chi connectivity index (χ2n) is 5.85. The second kappa shape index (κ2) is 10.1. The van der Waals surface area contributed by atoms with Gasteiger partial charge in [0.2, 0.25) is 15.7 Å². The fourth-order valence-electron chi connectivity index (χ4n) is 2.21. The van der Waals surface area contributed by atoms with Crippen molar-refractivity contribution in [2.75, 3.05) is 11.1 Å². The van der Waals surface area contributed by atoms with Crippen LogP contribution >= 0.6 is 23.4 Å². The van der Waals surface area contributed by atoms with Crippen molar-refractivity contribution in [3.63, 3.8) is 0 Å². The second-order valence-corrected chi connectivity index (χ2v) is 9.10. The Labute approximate surface area is 184 Å². The van der Waals surface area contributed by atoms with E-state index in [1.807, 2.05) is 0 Å². The van der Waals surface area contributed by atoms with Crippen LogP contribution < -0.4 is 10.1 Å². The maximum absolute atomic E-state index is 12.5. The van der Waals surface area contributed by atoms with Gasteiger partial charge >= 0.3 is 5.76 Å². The van der Waals surface area contributed by atoms with E-state index in [0.717, 1.165) is 23.9 Å². The van der Waals surface area contributed by atoms with Crippen LogP contribution in [-0.2, 0) is 21.2 Å². The summed E-state index contributed by atoms with van der Waals surface area (Å²) in [5.74, 6) is -3.38. The van der Waals surface area contributed by atoms with Gasteiger partial charge in [0.25, 0.3) is 11.1 Å². The number of nitrogens with one attached hydrogen (secondary N) is 1. The van der Waals surface area contributed by atoms with Crippen molar-refractivity contribution in [3.8, 4) is 5.75 Å². The third-order valence-electron chi connectivity index (χ3n) is 3.66. The molecule has 0 saturated heterocycles. The molecule has 0 aliphatic heterocycles. The van der Waals surface area contributed by atoms with Gasteiger partial charge in [-0.3, -0.25) is 4.79 Å². The van der Waals surface area contributed by atoms with Crippen LogP contribution in [0.1, 0.15) is 5.89 Å². The lowest BCUT2D eigenvalue weighted by atomic mass is 10.3. The van der Waals surface area contributed by atoms with Gasteiger partial charge < -0.3 is 14.5 Å². The number of benzene rings is 2. The number of hydrogen-bond acceptors (Lipinski definition) is 8. The number of rotatable bonds is 9. The normalized spacial score (nSPS) is 11.5. The molecule has 1 aromatic heterocycles. The molecule has 0 aliphatic rings. The van der Waals surface area contributed by atoms with Gasteiger partial charge in [-0.1, -0.05) is 35.5 Å². The molecular formula is C18H14ClF2N3O5S2. The van der Waals surface area contributed by atoms with E-state index < -0.39 is 26.4 Å². The fourth-order valence-corrected chi connectivity index (χ4v) is 3.70. The van der Waals surface area contributed by atoms with Gasteiger partial charge in [0.15, 0.2) is 6.61 Å². The first kappa shape index (κ1) is 23.0. The summed E-state index contributed by atoms with van der Waals surface area (Å²) in [4.78, 5) is 11.5. The quantitative estimate of drug-likeness (QED) is 0.448. The summed E-state index contributed by atoms with van der Waals surface area (Å²) >= 11 is 6.96. The molecule has 0 unspecified atom stereocenters. The molecule has 0 atom stereocenters. The topological polar surface area (TPSA) is 111 Å². The van der Waals surface area contributed by atoms with E-state index in [9.17, 15) is 22.0 Å². The summed E-state index contributed by atoms with van der Waals surface area (Å²) in [6.45, 7) is -0.00262. The maximum atomic E-state index is 12.5. The number of halogens is 3. The molecule has 0 aliphatic carbocycles. The largest absolute Gasteiger partial charge is 0.482 e. The van der Waals surface area contributed by atoms with E-state index >= 15 is 0 Å². The fraction of sp³-hybridized carbons (Fsp3) is 0.167. The Morgan fingerprint density at radius 1 is 1.16 bits per heavy atom. The molecule has 0 radical (unpaired) electrons. The average molecular weight is 490 g/mol. The van der Waals surface area contributed by atoms with Crippen LogP contribution in [0.2, 0.25) is 5.02 Å². The number of sulfone groups is 1. The summed E-state index contributed by atoms with van der Waals surface area (Å²) in [5.41, 5.74) is 0.248. The van der Waals surface area contributed by atoms with E-state index in [-0.39, 0.29) is 29.2 Å². The first-order valence-electron chi connectivity index (χ1n) is 8.50. The van der Waals surface area contributed by atoms with Gasteiger partial charge in [-0.25, -0.2) is 8.42 Å². The predicted molar refractivity (Wildman–Crippen MR) is 109 cm³/mol. The number of carbonyl (C=O) groups is 1. The highest BCUT2D eigenvalue weighted by Gasteiger charge is 2.26. The van der Waals surface area contributed by atoms with Crippen LogP contribution in [0, 0.1) is 0 Å². The molecule has 164 valence electrons. The number of carbonyl (C=O) groups excluding carboxylic acids is 1. The van der Waals surface area contributed by atoms with Crippen molar-refractivity contribution in [1.29, 1.82) is 0 Å². The molecule has 0 fully saturated rings. The molecule has 8 nitrogen and oxygen atoms in total. The number of alkyl halides is 2. The van der Waals surface area contributed by atoms with Crippen molar-refractivity contribution in [3.05, 3.63) is 59.4 Å². The molecule has 1 N–H and O–H groups in total. The van der Waals surface area contributed by atoms with Gasteiger partial charge in [-0.2, -0.15) is 8.78 Å². The van der Waals surface area contributed by atoms with E-state index in [2.05, 4.69) is 15.5 Å². The lowest BCUT2D eigenvalue weighted by molar-refractivity contribution is -0.113. The standard InChI is InChI=1S/C18H14ClF2N3O5S2/c19-13-3-1-2-4-14(13)28-9-16-23-24-18(29-16)30-10-15(25)22-11-5-7-12(8-6-11)31(26,27)17(20)21/h1-8,17H,9-10H2,(H,22,25). The number of thioether (sulfide) groups is 1. The number of hydrogen-bond donors (Lipinski definition) is 1. The number of nitrogens with zero attached hydrogens (tertiary/aromatic N) is 2. The highest BCUT2D eigenvalue weighted by atomic mass is 35.5. The van der Waals surface area contributed by atoms with Crippen LogP contribution in [0.3, 0.4) is 0 Å². The molecule has 1 amide bonds. The van der Waals surface area contributed by atoms with Crippen LogP contribution in [-0.4, -0.2) is 36.0 Å². The molecule has 31 heavy (non-hydrogen) atoms. The minimum absolute atomic E-state index is 0.00262. The van der Waals surface area contributed by atoms with Crippen molar-refractivity contribution >= 4 is 44.8 Å². The van der Waals surface area contributed by atoms with Gasteiger partial charge in [0.05, 0.1) is 15.7 Å². The van der Waals surface area contributed by atoms with Crippen molar-refractivity contribution in [2.45, 2.75) is 22.5 Å². The Hall–Kier alpha value is -2.70. The highest BCUT2D eigenvalue weighted by Crippen LogP contribution is 2.25. The number of amides is 1. The predicted octanol–water partition coefficient (Wildman–Crippen LogP) is 4.03. The summed E-state index contributed by atoms with van der Waals surface area (Å²) < 4.78 is 58.7. The number of aromatic nitrogens is 2. The number of ether oxygens (including phenoxy) is 1. The molecule has 3 aromatic rings. The van der Waals surface area contributed by atoms with Gasteiger partial charge in [-0.05, 0) is 36.4 Å². The first-order chi connectivity index (χ1) is 14.8. The van der Waals surface area contributed by atoms with Crippen LogP contribution in [0.25, 0.3) is 0 Å². The molecule has 1 heterocycles. The molecule has 2 aromatic carbocycles. The van der Waals surface area contributed by atoms with E-state index in [1.54, 1.807) is 24.3 Å². The van der Waals surface area contributed by atoms with Crippen LogP contribution in [0.15, 0.2) is 63.1 Å². The molecule has 13 heteroatoms. The van der Waals surface area contributed by atoms with Gasteiger partial charge in [-0.15, -0.1) is 10.2 Å². The maximum Gasteiger partial charge on any atom is 0.341 e. The third-order valence-corrected chi connectivity index (χ3v) is 6.19. The van der Waals surface area contributed by atoms with Crippen LogP contribution in [0.4, 0.5) is 14.5 Å². The lowest BCUT2D eigenvalue weighted by Crippen LogP contribution is -2.15. The van der Waals surface area contributed by atoms with Crippen LogP contribution in [0.5, 0.6) is 5.75 Å². The Morgan fingerprint density at radius 2 is 1.87 bits per heavy atom. The molecular weight excluding hydrogens is 476 g/mol. The Kier molecular flexibility index (Phi) is 7.46. The Balaban J connectivity index is 1.48. The number of anilines is 1. The smallest absolute Gasteiger partial charge is 0.341 e. The zero-order valence-corrected chi connectivity index (χ0v) is 17.9. The summed E-state index contributed by atoms with van der Waals surface area (Å²) in [6.07, 6.45) is 0. The third kappa shape index (κ3) is 6.15. The van der Waals surface area contributed by atoms with E-state index in [0.29, 0.717) is 10.8 Å². The zero-order chi connectivity index (χ0) is 22.4.